The number of para-hydroxylation sites is 6. The number of hydrogen-bond acceptors (Lipinski definition) is 16. The van der Waals surface area contributed by atoms with Gasteiger partial charge in [0.05, 0.1) is 46.2 Å². The van der Waals surface area contributed by atoms with Crippen LogP contribution < -0.4 is 9.47 Å². The third-order valence-electron chi connectivity index (χ3n) is 15.8. The quantitative estimate of drug-likeness (QED) is 0.139. The summed E-state index contributed by atoms with van der Waals surface area (Å²) in [5.41, 5.74) is 11.5. The van der Waals surface area contributed by atoms with Gasteiger partial charge in [-0.15, -0.1) is 0 Å². The Hall–Kier alpha value is -12.8. The fourth-order valence-electron chi connectivity index (χ4n) is 10.7. The van der Waals surface area contributed by atoms with Crippen molar-refractivity contribution >= 4 is 76.3 Å². The molecule has 0 radical (unpaired) electrons. The van der Waals surface area contributed by atoms with Crippen LogP contribution in [-0.4, -0.2) is 83.4 Å². The van der Waals surface area contributed by atoms with Crippen molar-refractivity contribution in [2.24, 2.45) is 0 Å². The van der Waals surface area contributed by atoms with Gasteiger partial charge in [-0.05, 0) is 176 Å². The Bertz CT molecular complexity index is 3920. The second kappa shape index (κ2) is 125. The van der Waals surface area contributed by atoms with Crippen LogP contribution in [0.15, 0.2) is 330 Å². The Balaban J connectivity index is -0.000000142. The van der Waals surface area contributed by atoms with Gasteiger partial charge < -0.3 is 9.47 Å². The second-order valence-electron chi connectivity index (χ2n) is 22.6. The van der Waals surface area contributed by atoms with Gasteiger partial charge >= 0.3 is 0 Å². The van der Waals surface area contributed by atoms with E-state index in [1.54, 1.807) is 49.7 Å². The summed E-state index contributed by atoms with van der Waals surface area (Å²) in [4.78, 5) is 41.0. The summed E-state index contributed by atoms with van der Waals surface area (Å²) in [6.45, 7) is 81.3. The molecule has 7 aromatic carbocycles. The van der Waals surface area contributed by atoms with Crippen molar-refractivity contribution in [3.8, 4) is 11.5 Å². The Morgan fingerprint density at radius 2 is 0.504 bits per heavy atom. The SMILES string of the molecule is C.CC.CC.CC.CC.CC.CC.CC.CC.CC.CC.CC.CC.CC.CC.CC.CC.CC.CC.CC.CC.c1cc2c(cn1)CCCC2.c1ccc2c(c1)OCCO2.c1ccc2cnccc2c1.c1ccc2cnncc2c1.c1ccc2ncccc2c1.c1ccc2nccnc2c1.c1ccc2ncncc2c1.c1ccc2nnccc2c1.c1cnc2c(c1)CCCC2.c1cnc2ncccc2c1. The first-order valence-electron chi connectivity index (χ1n) is 53.2. The molecule has 3 aliphatic rings. The highest BCUT2D eigenvalue weighted by molar-refractivity contribution is 5.82. The summed E-state index contributed by atoms with van der Waals surface area (Å²) in [5.74, 6) is 1.71. The predicted octanol–water partition coefficient (Wildman–Crippen LogP) is 39.2. The highest BCUT2D eigenvalue weighted by Gasteiger charge is 2.10. The summed E-state index contributed by atoms with van der Waals surface area (Å²) in [6.07, 6.45) is 37.1. The standard InChI is InChI=1S/C9H11N.C9H7N.C9H11N.C9H7N.5C8H6N2.C8H8O2.20C2H6.CH4/c2*1-2-6-9-8(4-1)5-3-7-10-9;2*1-2-4-9-7-10-6-5-8(9)3-1;1-3-7-4-2-6-10-8(7)9-5-1;1-2-4-8-7(3-1)5-9-6-10-8;1-2-4-8-6-10-9-5-7(8)3-1;1-2-4-8-7(3-1)9-5-6-10-8;1-2-4-8-7(3-1)5-6-9-10-8;1-2-4-8-7(3-1)9-5-6-10-8;20*1-2;/h3,5,7H,1-2,4,6H2;1-7H;5-7H,1-4H2;1-7H;5*1-6H;1-4H,5-6H2;20*1-2H3;1H4. The zero-order valence-corrected chi connectivity index (χ0v) is 95.3. The molecule has 141 heavy (non-hydrogen) atoms. The van der Waals surface area contributed by atoms with Crippen LogP contribution >= 0.6 is 0 Å². The van der Waals surface area contributed by atoms with Gasteiger partial charge in [-0.3, -0.25) is 29.9 Å². The molecule has 0 spiro atoms. The first-order valence-corrected chi connectivity index (χ1v) is 53.2. The molecule has 0 N–H and O–H groups in total. The highest BCUT2D eigenvalue weighted by atomic mass is 16.6. The third kappa shape index (κ3) is 71.3. The molecular weight excluding hydrogens is 1730 g/mol. The van der Waals surface area contributed by atoms with Crippen molar-refractivity contribution in [3.05, 3.63) is 352 Å². The normalized spacial score (nSPS) is 9.19. The molecule has 1 aliphatic heterocycles. The monoisotopic (exact) mass is 1930 g/mol. The van der Waals surface area contributed by atoms with Gasteiger partial charge in [0.1, 0.15) is 19.5 Å². The average Bonchev–Trinajstić information content (AvgIpc) is 0.948. The van der Waals surface area contributed by atoms with Crippen LogP contribution in [0.2, 0.25) is 0 Å². The van der Waals surface area contributed by atoms with Gasteiger partial charge in [-0.2, -0.15) is 20.4 Å². The number of hydrogen-bond donors (Lipinski definition) is 0. The molecule has 16 heteroatoms. The van der Waals surface area contributed by atoms with E-state index >= 15 is 0 Å². The molecular formula is C125H198N14O2. The van der Waals surface area contributed by atoms with E-state index in [0.717, 1.165) is 71.7 Å². The van der Waals surface area contributed by atoms with Gasteiger partial charge in [-0.1, -0.05) is 424 Å². The zero-order chi connectivity index (χ0) is 108. The maximum Gasteiger partial charge on any atom is 0.161 e. The lowest BCUT2D eigenvalue weighted by Gasteiger charge is -2.17. The van der Waals surface area contributed by atoms with Crippen LogP contribution in [0.4, 0.5) is 0 Å². The van der Waals surface area contributed by atoms with E-state index in [-0.39, 0.29) is 7.43 Å². The summed E-state index contributed by atoms with van der Waals surface area (Å²) in [6, 6.07) is 77.7. The van der Waals surface area contributed by atoms with Gasteiger partial charge in [-0.25, -0.2) is 19.9 Å². The van der Waals surface area contributed by atoms with E-state index in [2.05, 4.69) is 107 Å². The van der Waals surface area contributed by atoms with Crippen LogP contribution in [-0.2, 0) is 25.7 Å². The molecule has 16 nitrogen and oxygen atoms in total. The molecule has 0 fully saturated rings. The van der Waals surface area contributed by atoms with E-state index in [9.17, 15) is 0 Å². The molecule has 11 heterocycles. The predicted molar refractivity (Wildman–Crippen MR) is 634 cm³/mol. The molecule has 0 unspecified atom stereocenters. The number of pyridine rings is 6. The maximum absolute atomic E-state index is 5.30. The van der Waals surface area contributed by atoms with Crippen LogP contribution in [0.3, 0.4) is 0 Å². The van der Waals surface area contributed by atoms with E-state index in [1.807, 2.05) is 521 Å². The molecule has 10 aromatic heterocycles. The summed E-state index contributed by atoms with van der Waals surface area (Å²) < 4.78 is 10.6. The lowest BCUT2D eigenvalue weighted by atomic mass is 9.94. The third-order valence-corrected chi connectivity index (χ3v) is 15.8. The number of fused-ring (bicyclic) bond motifs is 10. The molecule has 0 amide bonds. The lowest BCUT2D eigenvalue weighted by Crippen LogP contribution is -2.14. The van der Waals surface area contributed by atoms with Crippen LogP contribution in [0.5, 0.6) is 11.5 Å². The Morgan fingerprint density at radius 1 is 0.191 bits per heavy atom. The fourth-order valence-corrected chi connectivity index (χ4v) is 10.7. The number of nitrogens with zero attached hydrogens (tertiary/aromatic N) is 14. The minimum Gasteiger partial charge on any atom is -0.486 e. The van der Waals surface area contributed by atoms with Crippen molar-refractivity contribution in [2.45, 2.75) is 336 Å². The molecule has 0 bridgehead atoms. The summed E-state index contributed by atoms with van der Waals surface area (Å²) in [5, 5.41) is 24.5. The highest BCUT2D eigenvalue weighted by Crippen LogP contribution is 2.28. The maximum atomic E-state index is 5.30. The van der Waals surface area contributed by atoms with Crippen LogP contribution in [0.25, 0.3) is 76.3 Å². The van der Waals surface area contributed by atoms with Gasteiger partial charge in [0.15, 0.2) is 17.1 Å². The number of ether oxygens (including phenoxy) is 2. The Kier molecular flexibility index (Phi) is 134. The smallest absolute Gasteiger partial charge is 0.161 e. The van der Waals surface area contributed by atoms with E-state index in [4.69, 9.17) is 9.47 Å². The fraction of sp³-hybridized carbons (Fsp3) is 0.408. The zero-order valence-electron chi connectivity index (χ0n) is 95.3. The first-order chi connectivity index (χ1) is 69.7. The van der Waals surface area contributed by atoms with E-state index in [1.165, 1.54) is 89.9 Å². The van der Waals surface area contributed by atoms with Gasteiger partial charge in [0.25, 0.3) is 0 Å². The lowest BCUT2D eigenvalue weighted by molar-refractivity contribution is 0.171. The average molecular weight is 1930 g/mol. The van der Waals surface area contributed by atoms with Crippen molar-refractivity contribution < 1.29 is 9.47 Å². The second-order valence-corrected chi connectivity index (χ2v) is 22.6. The Morgan fingerprint density at radius 3 is 0.929 bits per heavy atom. The van der Waals surface area contributed by atoms with Crippen molar-refractivity contribution in [1.29, 1.82) is 0 Å². The molecule has 780 valence electrons. The molecule has 0 saturated carbocycles. The number of rotatable bonds is 0. The van der Waals surface area contributed by atoms with E-state index in [0.29, 0.717) is 13.2 Å². The number of aryl methyl sites for hydroxylation is 4. The molecule has 0 atom stereocenters. The van der Waals surface area contributed by atoms with Crippen molar-refractivity contribution in [2.75, 3.05) is 13.2 Å². The molecule has 17 aromatic rings. The van der Waals surface area contributed by atoms with Crippen LogP contribution in [0.1, 0.15) is 332 Å². The van der Waals surface area contributed by atoms with Gasteiger partial charge in [0, 0.05) is 106 Å². The topological polar surface area (TPSA) is 199 Å². The van der Waals surface area contributed by atoms with Crippen molar-refractivity contribution in [1.82, 2.24) is 70.2 Å². The Labute approximate surface area is 863 Å². The van der Waals surface area contributed by atoms with Crippen LogP contribution in [0, 0.1) is 0 Å². The minimum absolute atomic E-state index is 0. The van der Waals surface area contributed by atoms with Gasteiger partial charge in [0.2, 0.25) is 0 Å². The number of benzene rings is 7. The first kappa shape index (κ1) is 151. The summed E-state index contributed by atoms with van der Waals surface area (Å²) in [7, 11) is 0. The molecule has 2 aliphatic carbocycles. The largest absolute Gasteiger partial charge is 0.486 e. The summed E-state index contributed by atoms with van der Waals surface area (Å²) >= 11 is 0. The molecule has 0 saturated heterocycles. The van der Waals surface area contributed by atoms with Crippen molar-refractivity contribution in [3.63, 3.8) is 0 Å². The minimum atomic E-state index is 0. The van der Waals surface area contributed by atoms with E-state index < -0.39 is 0 Å². The number of aromatic nitrogens is 14. The molecule has 20 rings (SSSR count).